The van der Waals surface area contributed by atoms with Crippen LogP contribution in [-0.4, -0.2) is 172 Å². The molecule has 0 bridgehead atoms. The molecule has 8 rings (SSSR count). The lowest BCUT2D eigenvalue weighted by Gasteiger charge is -2.64. The first-order valence-electron chi connectivity index (χ1n) is 22.6. The molecule has 4 aliphatic carbocycles. The molecule has 0 aromatic carbocycles. The van der Waals surface area contributed by atoms with Crippen LogP contribution in [-0.2, 0) is 52.2 Å². The molecule has 0 amide bonds. The van der Waals surface area contributed by atoms with E-state index in [2.05, 4.69) is 13.8 Å². The normalized spacial score (nSPS) is 51.7. The summed E-state index contributed by atoms with van der Waals surface area (Å²) in [5.74, 6) is 0.101. The van der Waals surface area contributed by atoms with E-state index >= 15 is 0 Å². The number of cyclic esters (lactones) is 1. The summed E-state index contributed by atoms with van der Waals surface area (Å²) in [6, 6.07) is 0. The second kappa shape index (κ2) is 18.1. The van der Waals surface area contributed by atoms with Crippen LogP contribution in [0.3, 0.4) is 0 Å². The topological polar surface area (TPSA) is 259 Å². The smallest absolute Gasteiger partial charge is 0.331 e. The molecule has 4 saturated carbocycles. The molecule has 0 unspecified atom stereocenters. The van der Waals surface area contributed by atoms with Crippen molar-refractivity contribution in [3.8, 4) is 0 Å². The van der Waals surface area contributed by atoms with Crippen molar-refractivity contribution in [1.29, 1.82) is 0 Å². The molecule has 0 radical (unpaired) electrons. The summed E-state index contributed by atoms with van der Waals surface area (Å²) < 4.78 is 52.0. The minimum absolute atomic E-state index is 0.0356. The number of methoxy groups -OCH3 is 1. The first kappa shape index (κ1) is 46.6. The van der Waals surface area contributed by atoms with Gasteiger partial charge < -0.3 is 78.4 Å². The van der Waals surface area contributed by atoms with Crippen LogP contribution in [0.15, 0.2) is 11.6 Å². The van der Waals surface area contributed by atoms with Gasteiger partial charge in [0.2, 0.25) is 0 Å². The van der Waals surface area contributed by atoms with E-state index in [4.69, 9.17) is 42.6 Å². The van der Waals surface area contributed by atoms with Crippen LogP contribution < -0.4 is 0 Å². The van der Waals surface area contributed by atoms with Crippen LogP contribution in [0, 0.1) is 34.5 Å². The van der Waals surface area contributed by atoms with Gasteiger partial charge in [0.25, 0.3) is 0 Å². The maximum absolute atomic E-state index is 12.6. The van der Waals surface area contributed by atoms with Crippen molar-refractivity contribution in [2.24, 2.45) is 34.5 Å². The number of rotatable bonds is 11. The van der Waals surface area contributed by atoms with Crippen molar-refractivity contribution >= 4 is 11.9 Å². The average Bonchev–Trinajstić information content (AvgIpc) is 3.79. The van der Waals surface area contributed by atoms with E-state index in [1.54, 1.807) is 13.0 Å². The summed E-state index contributed by atoms with van der Waals surface area (Å²) in [5.41, 5.74) is -0.180. The van der Waals surface area contributed by atoms with Gasteiger partial charge in [-0.2, -0.15) is 0 Å². The zero-order valence-electron chi connectivity index (χ0n) is 36.4. The molecule has 0 spiro atoms. The molecule has 4 aliphatic heterocycles. The molecule has 18 nitrogen and oxygen atoms in total. The van der Waals surface area contributed by atoms with E-state index in [0.29, 0.717) is 37.7 Å². The summed E-state index contributed by atoms with van der Waals surface area (Å²) in [7, 11) is 1.47. The quantitative estimate of drug-likeness (QED) is 0.109. The largest absolute Gasteiger partial charge is 0.458 e. The van der Waals surface area contributed by atoms with Crippen LogP contribution >= 0.6 is 0 Å². The lowest BCUT2D eigenvalue weighted by molar-refractivity contribution is -0.342. The summed E-state index contributed by atoms with van der Waals surface area (Å²) in [4.78, 5) is 23.6. The van der Waals surface area contributed by atoms with Gasteiger partial charge in [-0.05, 0) is 99.4 Å². The first-order chi connectivity index (χ1) is 29.4. The molecule has 352 valence electrons. The van der Waals surface area contributed by atoms with E-state index in [9.17, 15) is 45.3 Å². The lowest BCUT2D eigenvalue weighted by atomic mass is 9.43. The van der Waals surface area contributed by atoms with E-state index in [0.717, 1.165) is 44.1 Å². The van der Waals surface area contributed by atoms with E-state index in [1.807, 2.05) is 0 Å². The number of esters is 2. The molecule has 8 aliphatic rings. The highest BCUT2D eigenvalue weighted by atomic mass is 16.7. The molecule has 22 atom stereocenters. The molecule has 7 fully saturated rings. The number of carbonyl (C=O) groups is 2. The predicted octanol–water partition coefficient (Wildman–Crippen LogP) is 0.359. The highest BCUT2D eigenvalue weighted by molar-refractivity contribution is 5.85. The number of hydrogen-bond donors (Lipinski definition) is 7. The molecule has 4 heterocycles. The lowest BCUT2D eigenvalue weighted by Crippen LogP contribution is -2.63. The van der Waals surface area contributed by atoms with Crippen molar-refractivity contribution in [2.45, 2.75) is 190 Å². The van der Waals surface area contributed by atoms with Crippen LogP contribution in [0.2, 0.25) is 0 Å². The number of ether oxygens (including phenoxy) is 9. The third-order valence-electron chi connectivity index (χ3n) is 16.7. The van der Waals surface area contributed by atoms with E-state index in [1.165, 1.54) is 14.0 Å². The van der Waals surface area contributed by atoms with Crippen molar-refractivity contribution in [2.75, 3.05) is 26.9 Å². The van der Waals surface area contributed by atoms with Gasteiger partial charge in [0, 0.05) is 31.9 Å². The van der Waals surface area contributed by atoms with Crippen molar-refractivity contribution in [3.05, 3.63) is 11.6 Å². The summed E-state index contributed by atoms with van der Waals surface area (Å²) in [6.07, 6.45) is -8.73. The Morgan fingerprint density at radius 3 is 2.13 bits per heavy atom. The molecule has 18 heteroatoms. The van der Waals surface area contributed by atoms with Gasteiger partial charge in [0.1, 0.15) is 61.5 Å². The van der Waals surface area contributed by atoms with Crippen LogP contribution in [0.25, 0.3) is 0 Å². The Morgan fingerprint density at radius 1 is 0.790 bits per heavy atom. The Kier molecular flexibility index (Phi) is 13.6. The van der Waals surface area contributed by atoms with Gasteiger partial charge in [-0.1, -0.05) is 13.8 Å². The van der Waals surface area contributed by atoms with Gasteiger partial charge in [-0.15, -0.1) is 0 Å². The maximum atomic E-state index is 12.6. The zero-order chi connectivity index (χ0) is 44.5. The van der Waals surface area contributed by atoms with Crippen LogP contribution in [0.1, 0.15) is 91.9 Å². The Bertz CT molecular complexity index is 1650. The van der Waals surface area contributed by atoms with Gasteiger partial charge in [-0.3, -0.25) is 4.79 Å². The van der Waals surface area contributed by atoms with Crippen molar-refractivity contribution in [3.63, 3.8) is 0 Å². The molecule has 62 heavy (non-hydrogen) atoms. The predicted molar refractivity (Wildman–Crippen MR) is 211 cm³/mol. The summed E-state index contributed by atoms with van der Waals surface area (Å²) >= 11 is 0. The van der Waals surface area contributed by atoms with Crippen LogP contribution in [0.4, 0.5) is 0 Å². The molecule has 0 aromatic heterocycles. The Hall–Kier alpha value is -1.88. The number of aliphatic hydroxyl groups excluding tert-OH is 6. The van der Waals surface area contributed by atoms with Gasteiger partial charge in [-0.25, -0.2) is 4.79 Å². The minimum Gasteiger partial charge on any atom is -0.458 e. The van der Waals surface area contributed by atoms with E-state index < -0.39 is 104 Å². The number of hydrogen-bond acceptors (Lipinski definition) is 18. The fraction of sp³-hybridized carbons (Fsp3) is 0.909. The number of aliphatic hydroxyl groups is 7. The number of carbonyl (C=O) groups excluding carboxylic acids is 2. The minimum atomic E-state index is -1.71. The average molecular weight is 885 g/mol. The Balaban J connectivity index is 0.853. The maximum Gasteiger partial charge on any atom is 0.331 e. The monoisotopic (exact) mass is 884 g/mol. The highest BCUT2D eigenvalue weighted by Crippen LogP contribution is 2.70. The standard InChI is InChI=1S/C44H68O18/c1-20-39(59-21(2)45)28(54-5)16-32(58-20)56-18-29-33(47)35(49)37(51)40(61-29)57-19-30-34(48)36(50)38(52)41(62-30)60-24-8-11-42(3)23(15-24)6-7-27-26(42)9-12-43(4)25(10-13-44(27,43)53)22-14-31(46)55-17-22/h14,20,23-30,32-41,47-53H,6-13,15-19H2,1-5H3/t20-,23-,24-,25-,26+,27-,28-,29+,30-,32-,33+,34-,35+,36+,37+,38-,39+,40+,41-,42+,43-,44-/m0/s1. The zero-order valence-corrected chi connectivity index (χ0v) is 36.4. The molecule has 3 saturated heterocycles. The van der Waals surface area contributed by atoms with Crippen LogP contribution in [0.5, 0.6) is 0 Å². The third-order valence-corrected chi connectivity index (χ3v) is 16.7. The first-order valence-corrected chi connectivity index (χ1v) is 22.6. The Labute approximate surface area is 362 Å². The molecular formula is C44H68O18. The SMILES string of the molecule is CO[C@H]1C[C@@H](OC[C@H]2O[C@@H](OC[C@@H]3O[C@H](O[C@H]4CC[C@]5(C)[C@@H](CC[C@H]6[C@H]5CC[C@@]5(C)[C@H](C7=CC(=O)OC7)CC[C@]65O)C4)[C@@H](O)[C@H](O)[C@H]3O)[C@H](O)[C@H](O)[C@@H]2O)O[C@@H](C)[C@H]1OC(C)=O. The highest BCUT2D eigenvalue weighted by Gasteiger charge is 2.68. The van der Waals surface area contributed by atoms with Gasteiger partial charge in [0.15, 0.2) is 25.0 Å². The van der Waals surface area contributed by atoms with Gasteiger partial charge in [0.05, 0.1) is 31.0 Å². The third kappa shape index (κ3) is 8.30. The Morgan fingerprint density at radius 2 is 1.47 bits per heavy atom. The fourth-order valence-corrected chi connectivity index (χ4v) is 13.1. The van der Waals surface area contributed by atoms with Crippen molar-refractivity contribution < 1.29 is 88.0 Å². The number of fused-ring (bicyclic) bond motifs is 5. The van der Waals surface area contributed by atoms with E-state index in [-0.39, 0.29) is 47.8 Å². The molecular weight excluding hydrogens is 816 g/mol. The second-order valence-corrected chi connectivity index (χ2v) is 19.9. The summed E-state index contributed by atoms with van der Waals surface area (Å²) in [6.45, 7) is 7.13. The van der Waals surface area contributed by atoms with Crippen molar-refractivity contribution in [1.82, 2.24) is 0 Å². The second-order valence-electron chi connectivity index (χ2n) is 19.9. The summed E-state index contributed by atoms with van der Waals surface area (Å²) in [5, 5.41) is 77.8. The molecule has 0 aromatic rings. The fourth-order valence-electron chi connectivity index (χ4n) is 13.1. The van der Waals surface area contributed by atoms with Gasteiger partial charge >= 0.3 is 11.9 Å². The molecule has 7 N–H and O–H groups in total.